The summed E-state index contributed by atoms with van der Waals surface area (Å²) in [5.74, 6) is 0.373. The number of rotatable bonds is 5. The number of hydrogen-bond donors (Lipinski definition) is 1. The van der Waals surface area contributed by atoms with Crippen LogP contribution in [0.4, 0.5) is 5.13 Å². The Labute approximate surface area is 162 Å². The molecule has 1 atom stereocenters. The van der Waals surface area contributed by atoms with Gasteiger partial charge in [0, 0.05) is 13.1 Å². The summed E-state index contributed by atoms with van der Waals surface area (Å²) in [7, 11) is 0. The number of anilines is 1. The lowest BCUT2D eigenvalue weighted by Gasteiger charge is -2.23. The first-order chi connectivity index (χ1) is 13.1. The smallest absolute Gasteiger partial charge is 0.243 e. The third kappa shape index (κ3) is 3.64. The third-order valence-corrected chi connectivity index (χ3v) is 5.97. The van der Waals surface area contributed by atoms with Gasteiger partial charge >= 0.3 is 0 Å². The maximum atomic E-state index is 12.8. The number of carbonyl (C=O) groups excluding carboxylic acids is 1. The van der Waals surface area contributed by atoms with Crippen LogP contribution in [0.3, 0.4) is 0 Å². The van der Waals surface area contributed by atoms with Gasteiger partial charge in [-0.3, -0.25) is 4.79 Å². The molecule has 6 nitrogen and oxygen atoms in total. The lowest BCUT2D eigenvalue weighted by molar-refractivity contribution is -0.122. The van der Waals surface area contributed by atoms with Crippen LogP contribution in [0.5, 0.6) is 0 Å². The van der Waals surface area contributed by atoms with Gasteiger partial charge in [0.25, 0.3) is 0 Å². The first-order valence-electron chi connectivity index (χ1n) is 9.33. The van der Waals surface area contributed by atoms with Crippen molar-refractivity contribution < 1.29 is 4.79 Å². The normalized spacial score (nSPS) is 17.0. The minimum absolute atomic E-state index is 0.0609. The molecule has 0 aliphatic carbocycles. The van der Waals surface area contributed by atoms with Gasteiger partial charge in [0.2, 0.25) is 5.91 Å². The molecule has 27 heavy (non-hydrogen) atoms. The standard InChI is InChI=1S/C20H23N5OS/c1-13(2)16-17-18(23-12-22-16)24-20(27-17)25-10-6-9-15(25)19(26)21-11-14-7-4-3-5-8-14/h3-5,7-8,12-13,15H,6,9-11H2,1-2H3,(H,21,26)/t15-/m1/s1. The highest BCUT2D eigenvalue weighted by atomic mass is 32.1. The highest BCUT2D eigenvalue weighted by Gasteiger charge is 2.33. The van der Waals surface area contributed by atoms with Gasteiger partial charge in [-0.1, -0.05) is 55.5 Å². The second-order valence-electron chi connectivity index (χ2n) is 7.12. The molecule has 0 spiro atoms. The molecule has 1 aromatic carbocycles. The fourth-order valence-corrected chi connectivity index (χ4v) is 4.70. The molecule has 0 unspecified atom stereocenters. The van der Waals surface area contributed by atoms with E-state index in [0.29, 0.717) is 12.5 Å². The molecule has 2 aromatic heterocycles. The van der Waals surface area contributed by atoms with E-state index in [9.17, 15) is 4.79 Å². The molecule has 1 aliphatic rings. The number of hydrogen-bond acceptors (Lipinski definition) is 6. The second-order valence-corrected chi connectivity index (χ2v) is 8.10. The maximum Gasteiger partial charge on any atom is 0.243 e. The van der Waals surface area contributed by atoms with Crippen LogP contribution in [0.15, 0.2) is 36.7 Å². The quantitative estimate of drug-likeness (QED) is 0.732. The zero-order valence-corrected chi connectivity index (χ0v) is 16.4. The number of nitrogens with one attached hydrogen (secondary N) is 1. The van der Waals surface area contributed by atoms with E-state index in [1.165, 1.54) is 0 Å². The molecule has 3 aromatic rings. The Balaban J connectivity index is 1.53. The molecule has 3 heterocycles. The van der Waals surface area contributed by atoms with Crippen LogP contribution >= 0.6 is 11.3 Å². The summed E-state index contributed by atoms with van der Waals surface area (Å²) >= 11 is 1.59. The summed E-state index contributed by atoms with van der Waals surface area (Å²) in [5.41, 5.74) is 2.85. The fraction of sp³-hybridized carbons (Fsp3) is 0.400. The predicted octanol–water partition coefficient (Wildman–Crippen LogP) is 3.49. The van der Waals surface area contributed by atoms with Gasteiger partial charge in [-0.15, -0.1) is 0 Å². The molecule has 140 valence electrons. The largest absolute Gasteiger partial charge is 0.350 e. The average Bonchev–Trinajstić information content (AvgIpc) is 3.33. The van der Waals surface area contributed by atoms with Gasteiger partial charge in [-0.05, 0) is 24.3 Å². The number of nitrogens with zero attached hydrogens (tertiary/aromatic N) is 4. The number of thiazole rings is 1. The third-order valence-electron chi connectivity index (χ3n) is 4.87. The van der Waals surface area contributed by atoms with Crippen LogP contribution in [0.2, 0.25) is 0 Å². The van der Waals surface area contributed by atoms with Crippen LogP contribution in [-0.2, 0) is 11.3 Å². The summed E-state index contributed by atoms with van der Waals surface area (Å²) in [6, 6.07) is 9.81. The van der Waals surface area contributed by atoms with Crippen LogP contribution in [0.25, 0.3) is 10.3 Å². The van der Waals surface area contributed by atoms with Crippen molar-refractivity contribution in [3.05, 3.63) is 47.9 Å². The van der Waals surface area contributed by atoms with Crippen molar-refractivity contribution in [2.24, 2.45) is 0 Å². The van der Waals surface area contributed by atoms with Crippen LogP contribution in [-0.4, -0.2) is 33.4 Å². The molecule has 1 aliphatic heterocycles. The number of fused-ring (bicyclic) bond motifs is 1. The Morgan fingerprint density at radius 3 is 2.89 bits per heavy atom. The highest BCUT2D eigenvalue weighted by molar-refractivity contribution is 7.22. The number of aromatic nitrogens is 3. The second kappa shape index (κ2) is 7.60. The van der Waals surface area contributed by atoms with Gasteiger partial charge < -0.3 is 10.2 Å². The van der Waals surface area contributed by atoms with E-state index >= 15 is 0 Å². The SMILES string of the molecule is CC(C)c1ncnc2nc(N3CCC[C@@H]3C(=O)NCc3ccccc3)sc12. The zero-order valence-electron chi connectivity index (χ0n) is 15.6. The highest BCUT2D eigenvalue weighted by Crippen LogP contribution is 2.35. The van der Waals surface area contributed by atoms with Crippen molar-refractivity contribution in [1.29, 1.82) is 0 Å². The lowest BCUT2D eigenvalue weighted by atomic mass is 10.1. The Hall–Kier alpha value is -2.54. The Morgan fingerprint density at radius 2 is 2.11 bits per heavy atom. The summed E-state index contributed by atoms with van der Waals surface area (Å²) in [4.78, 5) is 28.4. The van der Waals surface area contributed by atoms with E-state index in [4.69, 9.17) is 4.98 Å². The summed E-state index contributed by atoms with van der Waals surface area (Å²) in [6.07, 6.45) is 3.41. The topological polar surface area (TPSA) is 71.0 Å². The summed E-state index contributed by atoms with van der Waals surface area (Å²) in [5, 5.41) is 3.94. The lowest BCUT2D eigenvalue weighted by Crippen LogP contribution is -2.43. The molecule has 0 radical (unpaired) electrons. The molecule has 1 saturated heterocycles. The maximum absolute atomic E-state index is 12.8. The summed E-state index contributed by atoms with van der Waals surface area (Å²) in [6.45, 7) is 5.63. The first kappa shape index (κ1) is 17.9. The van der Waals surface area contributed by atoms with Crippen molar-refractivity contribution in [2.75, 3.05) is 11.4 Å². The van der Waals surface area contributed by atoms with E-state index in [1.54, 1.807) is 17.7 Å². The van der Waals surface area contributed by atoms with E-state index < -0.39 is 0 Å². The van der Waals surface area contributed by atoms with Crippen molar-refractivity contribution in [1.82, 2.24) is 20.3 Å². The Kier molecular flexibility index (Phi) is 5.03. The van der Waals surface area contributed by atoms with E-state index in [-0.39, 0.29) is 11.9 Å². The van der Waals surface area contributed by atoms with Crippen molar-refractivity contribution in [3.8, 4) is 0 Å². The first-order valence-corrected chi connectivity index (χ1v) is 10.1. The molecule has 0 saturated carbocycles. The Bertz CT molecular complexity index is 940. The van der Waals surface area contributed by atoms with E-state index in [0.717, 1.165) is 46.1 Å². The van der Waals surface area contributed by atoms with E-state index in [1.807, 2.05) is 30.3 Å². The fourth-order valence-electron chi connectivity index (χ4n) is 3.47. The van der Waals surface area contributed by atoms with Crippen LogP contribution in [0, 0.1) is 0 Å². The molecule has 4 rings (SSSR count). The monoisotopic (exact) mass is 381 g/mol. The summed E-state index contributed by atoms with van der Waals surface area (Å²) < 4.78 is 1.03. The predicted molar refractivity (Wildman–Crippen MR) is 108 cm³/mol. The minimum atomic E-state index is -0.176. The number of amides is 1. The van der Waals surface area contributed by atoms with Crippen LogP contribution in [0.1, 0.15) is 43.9 Å². The van der Waals surface area contributed by atoms with Gasteiger partial charge in [0.1, 0.15) is 12.4 Å². The van der Waals surface area contributed by atoms with Crippen LogP contribution < -0.4 is 10.2 Å². The van der Waals surface area contributed by atoms with Crippen molar-refractivity contribution >= 4 is 32.7 Å². The van der Waals surface area contributed by atoms with E-state index in [2.05, 4.69) is 34.0 Å². The zero-order chi connectivity index (χ0) is 18.8. The molecule has 1 amide bonds. The Morgan fingerprint density at radius 1 is 1.30 bits per heavy atom. The molecule has 1 N–H and O–H groups in total. The van der Waals surface area contributed by atoms with Crippen molar-refractivity contribution in [3.63, 3.8) is 0 Å². The molecule has 1 fully saturated rings. The molecular weight excluding hydrogens is 358 g/mol. The number of benzene rings is 1. The molecule has 0 bridgehead atoms. The van der Waals surface area contributed by atoms with Gasteiger partial charge in [-0.2, -0.15) is 4.98 Å². The van der Waals surface area contributed by atoms with Crippen molar-refractivity contribution in [2.45, 2.75) is 45.2 Å². The van der Waals surface area contributed by atoms with Gasteiger partial charge in [-0.25, -0.2) is 9.97 Å². The molecule has 7 heteroatoms. The minimum Gasteiger partial charge on any atom is -0.350 e. The molecular formula is C20H23N5OS. The van der Waals surface area contributed by atoms with Gasteiger partial charge in [0.15, 0.2) is 10.8 Å². The average molecular weight is 382 g/mol. The van der Waals surface area contributed by atoms with Gasteiger partial charge in [0.05, 0.1) is 10.4 Å². The number of carbonyl (C=O) groups is 1.